The number of thiazole rings is 1. The fourth-order valence-electron chi connectivity index (χ4n) is 2.88. The van der Waals surface area contributed by atoms with Gasteiger partial charge in [-0.2, -0.15) is 0 Å². The van der Waals surface area contributed by atoms with Crippen LogP contribution in [0.3, 0.4) is 0 Å². The third-order valence-electron chi connectivity index (χ3n) is 4.16. The standard InChI is InChI=1S/C20H13N3OS3/c24-27(19-12-25-17-7-2-1-6-15(17)19)23-14-5-3-4-13(10-14)20-22-16-8-9-21-11-18(16)26-20/h1-12,23H. The summed E-state index contributed by atoms with van der Waals surface area (Å²) in [5.41, 5.74) is 2.74. The first-order valence-electron chi connectivity index (χ1n) is 8.23. The fourth-order valence-corrected chi connectivity index (χ4v) is 6.02. The van der Waals surface area contributed by atoms with Gasteiger partial charge in [0.1, 0.15) is 5.01 Å². The normalized spacial score (nSPS) is 12.4. The Morgan fingerprint density at radius 2 is 1.93 bits per heavy atom. The summed E-state index contributed by atoms with van der Waals surface area (Å²) in [6, 6.07) is 17.8. The van der Waals surface area contributed by atoms with E-state index in [0.717, 1.165) is 41.5 Å². The van der Waals surface area contributed by atoms with Crippen molar-refractivity contribution in [2.45, 2.75) is 4.90 Å². The third-order valence-corrected chi connectivity index (χ3v) is 7.48. The van der Waals surface area contributed by atoms with E-state index in [2.05, 4.69) is 14.7 Å². The quantitative estimate of drug-likeness (QED) is 0.415. The summed E-state index contributed by atoms with van der Waals surface area (Å²) >= 11 is 3.21. The minimum atomic E-state index is -1.32. The lowest BCUT2D eigenvalue weighted by atomic mass is 10.2. The summed E-state index contributed by atoms with van der Waals surface area (Å²) < 4.78 is 18.2. The van der Waals surface area contributed by atoms with Crippen molar-refractivity contribution in [1.29, 1.82) is 0 Å². The SMILES string of the molecule is O=S(Nc1cccc(-c2nc3ccncc3s2)c1)c1csc2ccccc12. The van der Waals surface area contributed by atoms with E-state index >= 15 is 0 Å². The van der Waals surface area contributed by atoms with E-state index in [1.807, 2.05) is 66.2 Å². The van der Waals surface area contributed by atoms with Crippen molar-refractivity contribution in [3.05, 3.63) is 72.4 Å². The smallest absolute Gasteiger partial charge is 0.151 e. The predicted molar refractivity (Wildman–Crippen MR) is 115 cm³/mol. The molecular formula is C20H13N3OS3. The van der Waals surface area contributed by atoms with Gasteiger partial charge in [0.25, 0.3) is 0 Å². The van der Waals surface area contributed by atoms with Crippen LogP contribution in [0.25, 0.3) is 30.9 Å². The Bertz CT molecular complexity index is 1260. The molecule has 0 aliphatic carbocycles. The first-order valence-corrected chi connectivity index (χ1v) is 11.1. The van der Waals surface area contributed by atoms with E-state index in [0.29, 0.717) is 0 Å². The third kappa shape index (κ3) is 3.14. The largest absolute Gasteiger partial charge is 0.301 e. The van der Waals surface area contributed by atoms with Crippen LogP contribution in [0.15, 0.2) is 77.3 Å². The van der Waals surface area contributed by atoms with E-state index in [4.69, 9.17) is 0 Å². The molecule has 0 aliphatic rings. The second-order valence-corrected chi connectivity index (χ2v) is 9.03. The number of thiophene rings is 1. The van der Waals surface area contributed by atoms with Crippen molar-refractivity contribution in [2.75, 3.05) is 4.72 Å². The summed E-state index contributed by atoms with van der Waals surface area (Å²) in [4.78, 5) is 9.63. The number of aromatic nitrogens is 2. The Morgan fingerprint density at radius 3 is 2.85 bits per heavy atom. The topological polar surface area (TPSA) is 54.9 Å². The predicted octanol–water partition coefficient (Wildman–Crippen LogP) is 5.71. The molecule has 1 atom stereocenters. The van der Waals surface area contributed by atoms with Gasteiger partial charge in [0.2, 0.25) is 0 Å². The Hall–Kier alpha value is -2.61. The fraction of sp³-hybridized carbons (Fsp3) is 0. The van der Waals surface area contributed by atoms with Crippen molar-refractivity contribution in [1.82, 2.24) is 9.97 Å². The highest BCUT2D eigenvalue weighted by atomic mass is 32.2. The van der Waals surface area contributed by atoms with Crippen LogP contribution in [-0.4, -0.2) is 14.2 Å². The first kappa shape index (κ1) is 16.6. The molecule has 0 aliphatic heterocycles. The Kier molecular flexibility index (Phi) is 4.20. The van der Waals surface area contributed by atoms with Crippen molar-refractivity contribution in [2.24, 2.45) is 0 Å². The molecule has 0 fully saturated rings. The van der Waals surface area contributed by atoms with E-state index in [9.17, 15) is 4.21 Å². The molecule has 0 spiro atoms. The summed E-state index contributed by atoms with van der Waals surface area (Å²) in [6.45, 7) is 0. The Labute approximate surface area is 166 Å². The van der Waals surface area contributed by atoms with Crippen molar-refractivity contribution in [3.8, 4) is 10.6 Å². The molecule has 3 heterocycles. The van der Waals surface area contributed by atoms with Crippen molar-refractivity contribution >= 4 is 59.6 Å². The minimum absolute atomic E-state index is 0.804. The average Bonchev–Trinajstić information content (AvgIpc) is 3.32. The Morgan fingerprint density at radius 1 is 1.00 bits per heavy atom. The number of benzene rings is 2. The first-order chi connectivity index (χ1) is 13.3. The second kappa shape index (κ2) is 6.84. The van der Waals surface area contributed by atoms with Gasteiger partial charge in [0.15, 0.2) is 11.0 Å². The average molecular weight is 408 g/mol. The number of anilines is 1. The molecule has 0 saturated carbocycles. The number of nitrogens with zero attached hydrogens (tertiary/aromatic N) is 2. The van der Waals surface area contributed by atoms with Gasteiger partial charge in [-0.1, -0.05) is 30.3 Å². The van der Waals surface area contributed by atoms with Crippen LogP contribution in [0.4, 0.5) is 5.69 Å². The van der Waals surface area contributed by atoms with Crippen LogP contribution < -0.4 is 4.72 Å². The number of nitrogens with one attached hydrogen (secondary N) is 1. The molecule has 0 saturated heterocycles. The van der Waals surface area contributed by atoms with Gasteiger partial charge in [0, 0.05) is 39.1 Å². The van der Waals surface area contributed by atoms with Gasteiger partial charge >= 0.3 is 0 Å². The van der Waals surface area contributed by atoms with Crippen molar-refractivity contribution < 1.29 is 4.21 Å². The lowest BCUT2D eigenvalue weighted by molar-refractivity contribution is 0.687. The highest BCUT2D eigenvalue weighted by Crippen LogP contribution is 2.32. The molecule has 1 N–H and O–H groups in total. The molecule has 3 aromatic heterocycles. The molecule has 27 heavy (non-hydrogen) atoms. The van der Waals surface area contributed by atoms with Crippen molar-refractivity contribution in [3.63, 3.8) is 0 Å². The van der Waals surface area contributed by atoms with Crippen LogP contribution in [0, 0.1) is 0 Å². The highest BCUT2D eigenvalue weighted by molar-refractivity contribution is 7.86. The van der Waals surface area contributed by atoms with Gasteiger partial charge < -0.3 is 4.72 Å². The maximum atomic E-state index is 12.9. The monoisotopic (exact) mass is 407 g/mol. The maximum Gasteiger partial charge on any atom is 0.151 e. The van der Waals surface area contributed by atoms with E-state index in [1.165, 1.54) is 0 Å². The molecule has 0 radical (unpaired) electrons. The summed E-state index contributed by atoms with van der Waals surface area (Å²) in [6.07, 6.45) is 3.58. The van der Waals surface area contributed by atoms with E-state index < -0.39 is 11.0 Å². The zero-order chi connectivity index (χ0) is 18.2. The molecule has 5 rings (SSSR count). The lowest BCUT2D eigenvalue weighted by Gasteiger charge is -2.06. The van der Waals surface area contributed by atoms with Crippen LogP contribution >= 0.6 is 22.7 Å². The van der Waals surface area contributed by atoms with Crippen LogP contribution in [0.2, 0.25) is 0 Å². The molecule has 0 bridgehead atoms. The molecular weight excluding hydrogens is 394 g/mol. The maximum absolute atomic E-state index is 12.9. The Balaban J connectivity index is 1.46. The number of hydrogen-bond donors (Lipinski definition) is 1. The van der Waals surface area contributed by atoms with Gasteiger partial charge in [-0.3, -0.25) is 4.98 Å². The van der Waals surface area contributed by atoms with Gasteiger partial charge in [0.05, 0.1) is 15.1 Å². The summed E-state index contributed by atoms with van der Waals surface area (Å²) in [5, 5.41) is 3.91. The molecule has 5 aromatic rings. The summed E-state index contributed by atoms with van der Waals surface area (Å²) in [7, 11) is -1.32. The zero-order valence-corrected chi connectivity index (χ0v) is 16.4. The van der Waals surface area contributed by atoms with Crippen LogP contribution in [-0.2, 0) is 11.0 Å². The number of pyridine rings is 1. The van der Waals surface area contributed by atoms with E-state index in [-0.39, 0.29) is 0 Å². The molecule has 1 unspecified atom stereocenters. The number of fused-ring (bicyclic) bond motifs is 2. The summed E-state index contributed by atoms with van der Waals surface area (Å²) in [5.74, 6) is 0. The van der Waals surface area contributed by atoms with E-state index in [1.54, 1.807) is 28.9 Å². The lowest BCUT2D eigenvalue weighted by Crippen LogP contribution is -2.04. The molecule has 7 heteroatoms. The van der Waals surface area contributed by atoms with Gasteiger partial charge in [-0.05, 0) is 24.3 Å². The van der Waals surface area contributed by atoms with Crippen LogP contribution in [0.5, 0.6) is 0 Å². The molecule has 4 nitrogen and oxygen atoms in total. The zero-order valence-electron chi connectivity index (χ0n) is 14.0. The second-order valence-electron chi connectivity index (χ2n) is 5.91. The molecule has 2 aromatic carbocycles. The van der Waals surface area contributed by atoms with Gasteiger partial charge in [-0.15, -0.1) is 22.7 Å². The molecule has 0 amide bonds. The highest BCUT2D eigenvalue weighted by Gasteiger charge is 2.12. The number of hydrogen-bond acceptors (Lipinski definition) is 5. The molecule has 132 valence electrons. The van der Waals surface area contributed by atoms with Gasteiger partial charge in [-0.25, -0.2) is 9.19 Å². The van der Waals surface area contributed by atoms with Crippen LogP contribution in [0.1, 0.15) is 0 Å². The minimum Gasteiger partial charge on any atom is -0.301 e. The number of rotatable bonds is 4.